The zero-order valence-electron chi connectivity index (χ0n) is 14.8. The molecule has 2 fully saturated rings. The number of amides is 1. The first kappa shape index (κ1) is 17.7. The predicted octanol–water partition coefficient (Wildman–Crippen LogP) is 4.01. The fraction of sp³-hybridized carbons (Fsp3) is 0.632. The first-order valence-electron chi connectivity index (χ1n) is 8.65. The van der Waals surface area contributed by atoms with Gasteiger partial charge >= 0.3 is 0 Å². The largest absolute Gasteiger partial charge is 0.497 e. The summed E-state index contributed by atoms with van der Waals surface area (Å²) in [5, 5.41) is 0. The molecular weight excluding hydrogens is 370 g/mol. The number of carbonyl (C=O) groups is 1. The highest BCUT2D eigenvalue weighted by molar-refractivity contribution is 9.10. The van der Waals surface area contributed by atoms with E-state index in [1.54, 1.807) is 7.11 Å². The minimum atomic E-state index is -0.414. The summed E-state index contributed by atoms with van der Waals surface area (Å²) in [5.41, 5.74) is 0.767. The van der Waals surface area contributed by atoms with Crippen molar-refractivity contribution in [2.24, 2.45) is 11.8 Å². The van der Waals surface area contributed by atoms with Gasteiger partial charge in [0.15, 0.2) is 0 Å². The number of fused-ring (bicyclic) bond motifs is 1. The lowest BCUT2D eigenvalue weighted by atomic mass is 9.95. The highest BCUT2D eigenvalue weighted by atomic mass is 79.9. The van der Waals surface area contributed by atoms with Crippen LogP contribution in [-0.4, -0.2) is 36.3 Å². The fourth-order valence-corrected chi connectivity index (χ4v) is 4.42. The van der Waals surface area contributed by atoms with Gasteiger partial charge in [-0.3, -0.25) is 4.79 Å². The monoisotopic (exact) mass is 395 g/mol. The minimum Gasteiger partial charge on any atom is -0.497 e. The number of halogens is 1. The maximum absolute atomic E-state index is 12.9. The summed E-state index contributed by atoms with van der Waals surface area (Å²) in [6.45, 7) is 7.05. The molecule has 1 aromatic carbocycles. The van der Waals surface area contributed by atoms with E-state index in [1.165, 1.54) is 5.56 Å². The Hall–Kier alpha value is -1.07. The molecule has 3 atom stereocenters. The molecule has 1 amide bonds. The molecule has 2 aliphatic heterocycles. The van der Waals surface area contributed by atoms with E-state index >= 15 is 0 Å². The Morgan fingerprint density at radius 3 is 2.88 bits per heavy atom. The van der Waals surface area contributed by atoms with Gasteiger partial charge in [0.2, 0.25) is 5.91 Å². The molecule has 3 rings (SSSR count). The molecule has 4 nitrogen and oxygen atoms in total. The number of methoxy groups -OCH3 is 1. The van der Waals surface area contributed by atoms with Gasteiger partial charge in [0.25, 0.3) is 0 Å². The normalized spacial score (nSPS) is 29.4. The van der Waals surface area contributed by atoms with Crippen LogP contribution < -0.4 is 4.74 Å². The Morgan fingerprint density at radius 1 is 1.46 bits per heavy atom. The zero-order chi connectivity index (χ0) is 17.5. The molecule has 1 unspecified atom stereocenters. The van der Waals surface area contributed by atoms with Gasteiger partial charge < -0.3 is 14.4 Å². The number of benzene rings is 1. The van der Waals surface area contributed by atoms with E-state index in [2.05, 4.69) is 36.7 Å². The summed E-state index contributed by atoms with van der Waals surface area (Å²) >= 11 is 3.60. The van der Waals surface area contributed by atoms with Crippen LogP contribution in [0.3, 0.4) is 0 Å². The maximum Gasteiger partial charge on any atom is 0.228 e. The molecule has 0 aromatic heterocycles. The summed E-state index contributed by atoms with van der Waals surface area (Å²) in [6, 6.07) is 6.19. The molecule has 0 spiro atoms. The van der Waals surface area contributed by atoms with E-state index in [0.29, 0.717) is 12.5 Å². The van der Waals surface area contributed by atoms with Gasteiger partial charge in [-0.25, -0.2) is 0 Å². The Labute approximate surface area is 152 Å². The van der Waals surface area contributed by atoms with Crippen LogP contribution in [0.15, 0.2) is 22.7 Å². The van der Waals surface area contributed by atoms with E-state index in [1.807, 2.05) is 23.1 Å². The Bertz CT molecular complexity index is 633. The van der Waals surface area contributed by atoms with E-state index in [-0.39, 0.29) is 17.9 Å². The van der Waals surface area contributed by atoms with Crippen LogP contribution in [0.2, 0.25) is 0 Å². The van der Waals surface area contributed by atoms with Gasteiger partial charge in [-0.15, -0.1) is 0 Å². The van der Waals surface area contributed by atoms with Crippen LogP contribution in [0.4, 0.5) is 0 Å². The first-order valence-corrected chi connectivity index (χ1v) is 9.44. The molecule has 0 radical (unpaired) electrons. The van der Waals surface area contributed by atoms with E-state index in [0.717, 1.165) is 29.5 Å². The molecular formula is C19H26BrNO3. The first-order chi connectivity index (χ1) is 11.4. The van der Waals surface area contributed by atoms with Crippen LogP contribution in [0.1, 0.15) is 39.2 Å². The molecule has 0 N–H and O–H groups in total. The third-order valence-corrected chi connectivity index (χ3v) is 6.18. The lowest BCUT2D eigenvalue weighted by Crippen LogP contribution is -2.45. The second-order valence-electron chi connectivity index (χ2n) is 7.40. The number of carbonyl (C=O) groups excluding carboxylic acids is 1. The van der Waals surface area contributed by atoms with Crippen LogP contribution in [0, 0.1) is 11.8 Å². The quantitative estimate of drug-likeness (QED) is 0.755. The lowest BCUT2D eigenvalue weighted by Gasteiger charge is -2.31. The number of hydrogen-bond acceptors (Lipinski definition) is 3. The molecule has 0 saturated carbocycles. The van der Waals surface area contributed by atoms with E-state index < -0.39 is 5.72 Å². The number of rotatable bonds is 5. The summed E-state index contributed by atoms with van der Waals surface area (Å²) in [5.74, 6) is 1.56. The Balaban J connectivity index is 1.71. The Morgan fingerprint density at radius 2 is 2.21 bits per heavy atom. The summed E-state index contributed by atoms with van der Waals surface area (Å²) in [4.78, 5) is 15.0. The van der Waals surface area contributed by atoms with Crippen LogP contribution in [0.25, 0.3) is 0 Å². The topological polar surface area (TPSA) is 38.8 Å². The molecule has 132 valence electrons. The highest BCUT2D eigenvalue weighted by Gasteiger charge is 2.55. The molecule has 0 bridgehead atoms. The zero-order valence-corrected chi connectivity index (χ0v) is 16.4. The van der Waals surface area contributed by atoms with Gasteiger partial charge in [0.05, 0.1) is 19.8 Å². The van der Waals surface area contributed by atoms with Gasteiger partial charge in [-0.2, -0.15) is 0 Å². The van der Waals surface area contributed by atoms with Crippen molar-refractivity contribution >= 4 is 21.8 Å². The molecule has 5 heteroatoms. The van der Waals surface area contributed by atoms with Crippen molar-refractivity contribution in [3.63, 3.8) is 0 Å². The van der Waals surface area contributed by atoms with Gasteiger partial charge in [-0.1, -0.05) is 29.8 Å². The number of ether oxygens (including phenoxy) is 2. The maximum atomic E-state index is 12.9. The van der Waals surface area contributed by atoms with Crippen molar-refractivity contribution in [2.45, 2.75) is 51.8 Å². The average molecular weight is 396 g/mol. The second kappa shape index (κ2) is 6.68. The van der Waals surface area contributed by atoms with Gasteiger partial charge in [0, 0.05) is 16.8 Å². The fourth-order valence-electron chi connectivity index (χ4n) is 3.97. The molecule has 2 heterocycles. The minimum absolute atomic E-state index is 0.0367. The van der Waals surface area contributed by atoms with Crippen LogP contribution in [0.5, 0.6) is 5.75 Å². The molecule has 2 saturated heterocycles. The molecule has 0 aliphatic carbocycles. The van der Waals surface area contributed by atoms with Crippen molar-refractivity contribution in [3.8, 4) is 5.75 Å². The summed E-state index contributed by atoms with van der Waals surface area (Å²) in [6.07, 6.45) is 2.48. The second-order valence-corrected chi connectivity index (χ2v) is 8.26. The average Bonchev–Trinajstić information content (AvgIpc) is 3.00. The van der Waals surface area contributed by atoms with Crippen molar-refractivity contribution in [1.29, 1.82) is 0 Å². The van der Waals surface area contributed by atoms with Crippen LogP contribution >= 0.6 is 15.9 Å². The third-order valence-electron chi connectivity index (χ3n) is 5.40. The number of aryl methyl sites for hydroxylation is 1. The predicted molar refractivity (Wildman–Crippen MR) is 97.0 cm³/mol. The smallest absolute Gasteiger partial charge is 0.228 e. The highest BCUT2D eigenvalue weighted by Crippen LogP contribution is 2.44. The van der Waals surface area contributed by atoms with Crippen molar-refractivity contribution < 1.29 is 14.3 Å². The lowest BCUT2D eigenvalue weighted by molar-refractivity contribution is -0.139. The standard InChI is InChI=1S/C19H26BrNO3/c1-12(2)17-11-24-19(3)10-14(18(22)21(17)19)6-5-13-9-15(23-4)7-8-16(13)20/h7-9,12,14,17H,5-6,10-11H2,1-4H3/t14?,17-,19-/m1/s1. The van der Waals surface area contributed by atoms with Gasteiger partial charge in [0.1, 0.15) is 11.5 Å². The van der Waals surface area contributed by atoms with E-state index in [4.69, 9.17) is 9.47 Å². The van der Waals surface area contributed by atoms with Crippen molar-refractivity contribution in [3.05, 3.63) is 28.2 Å². The Kier molecular flexibility index (Phi) is 4.94. The molecule has 2 aliphatic rings. The van der Waals surface area contributed by atoms with Crippen molar-refractivity contribution in [1.82, 2.24) is 4.90 Å². The number of nitrogens with zero attached hydrogens (tertiary/aromatic N) is 1. The van der Waals surface area contributed by atoms with Crippen molar-refractivity contribution in [2.75, 3.05) is 13.7 Å². The van der Waals surface area contributed by atoms with E-state index in [9.17, 15) is 4.79 Å². The third kappa shape index (κ3) is 3.08. The van der Waals surface area contributed by atoms with Crippen LogP contribution in [-0.2, 0) is 16.0 Å². The number of hydrogen-bond donors (Lipinski definition) is 0. The summed E-state index contributed by atoms with van der Waals surface area (Å²) < 4.78 is 12.4. The van der Waals surface area contributed by atoms with Gasteiger partial charge in [-0.05, 0) is 49.4 Å². The SMILES string of the molecule is COc1ccc(Br)c(CCC2C[C@@]3(C)OC[C@H](C(C)C)N3C2=O)c1. The molecule has 24 heavy (non-hydrogen) atoms. The summed E-state index contributed by atoms with van der Waals surface area (Å²) in [7, 11) is 1.67. The molecule has 1 aromatic rings.